The summed E-state index contributed by atoms with van der Waals surface area (Å²) < 4.78 is 0. The van der Waals surface area contributed by atoms with Crippen molar-refractivity contribution in [3.05, 3.63) is 29.8 Å². The highest BCUT2D eigenvalue weighted by Gasteiger charge is 2.17. The molecule has 104 valence electrons. The monoisotopic (exact) mass is 264 g/mol. The molecule has 0 spiro atoms. The Bertz CT molecular complexity index is 474. The van der Waals surface area contributed by atoms with Gasteiger partial charge in [-0.3, -0.25) is 4.90 Å². The molecule has 0 aromatic heterocycles. The van der Waals surface area contributed by atoms with Crippen LogP contribution in [0.4, 0.5) is 10.5 Å². The molecule has 0 heterocycles. The van der Waals surface area contributed by atoms with Gasteiger partial charge in [0.2, 0.25) is 0 Å². The predicted octanol–water partition coefficient (Wildman–Crippen LogP) is 1.73. The maximum Gasteiger partial charge on any atom is 0.322 e. The summed E-state index contributed by atoms with van der Waals surface area (Å²) in [6.45, 7) is 5.75. The second kappa shape index (κ2) is 5.60. The van der Waals surface area contributed by atoms with Crippen molar-refractivity contribution < 1.29 is 10.0 Å². The Hall–Kier alpha value is -2.24. The maximum absolute atomic E-state index is 12.0. The third-order valence-corrected chi connectivity index (χ3v) is 2.44. The lowest BCUT2D eigenvalue weighted by Crippen LogP contribution is -2.47. The van der Waals surface area contributed by atoms with Crippen molar-refractivity contribution in [3.8, 4) is 0 Å². The van der Waals surface area contributed by atoms with E-state index in [0.29, 0.717) is 5.56 Å². The normalized spacial score (nSPS) is 12.1. The first-order valence-electron chi connectivity index (χ1n) is 5.88. The average Bonchev–Trinajstić information content (AvgIpc) is 2.35. The number of amides is 2. The van der Waals surface area contributed by atoms with Gasteiger partial charge in [0.05, 0.1) is 0 Å². The Morgan fingerprint density at radius 3 is 2.26 bits per heavy atom. The molecule has 0 fully saturated rings. The number of nitrogens with one attached hydrogen (secondary N) is 1. The molecular formula is C13H20N4O2. The molecule has 1 aromatic rings. The van der Waals surface area contributed by atoms with E-state index in [1.54, 1.807) is 31.3 Å². The Balaban J connectivity index is 2.84. The minimum Gasteiger partial charge on any atom is -0.409 e. The Morgan fingerprint density at radius 2 is 1.84 bits per heavy atom. The Labute approximate surface area is 112 Å². The van der Waals surface area contributed by atoms with Gasteiger partial charge in [0.15, 0.2) is 5.84 Å². The van der Waals surface area contributed by atoms with Crippen molar-refractivity contribution in [3.63, 3.8) is 0 Å². The van der Waals surface area contributed by atoms with Gasteiger partial charge in [0.1, 0.15) is 0 Å². The van der Waals surface area contributed by atoms with E-state index < -0.39 is 0 Å². The molecule has 0 bridgehead atoms. The number of hydrogen-bond donors (Lipinski definition) is 3. The van der Waals surface area contributed by atoms with Crippen LogP contribution in [0.5, 0.6) is 0 Å². The average molecular weight is 264 g/mol. The van der Waals surface area contributed by atoms with E-state index >= 15 is 0 Å². The quantitative estimate of drug-likeness (QED) is 0.329. The van der Waals surface area contributed by atoms with Crippen LogP contribution in [0, 0.1) is 0 Å². The van der Waals surface area contributed by atoms with Gasteiger partial charge in [-0.05, 0) is 45.0 Å². The van der Waals surface area contributed by atoms with E-state index in [4.69, 9.17) is 10.9 Å². The molecule has 2 amide bonds. The van der Waals surface area contributed by atoms with Crippen LogP contribution < -0.4 is 16.0 Å². The van der Waals surface area contributed by atoms with Crippen molar-refractivity contribution in [1.82, 2.24) is 5.32 Å². The topological polar surface area (TPSA) is 91.0 Å². The molecule has 19 heavy (non-hydrogen) atoms. The smallest absolute Gasteiger partial charge is 0.322 e. The van der Waals surface area contributed by atoms with Crippen LogP contribution in [0.1, 0.15) is 26.3 Å². The Kier molecular flexibility index (Phi) is 4.37. The van der Waals surface area contributed by atoms with Crippen molar-refractivity contribution in [2.75, 3.05) is 11.9 Å². The van der Waals surface area contributed by atoms with Crippen LogP contribution in [-0.4, -0.2) is 29.7 Å². The molecule has 0 aliphatic rings. The molecule has 0 aliphatic carbocycles. The van der Waals surface area contributed by atoms with Gasteiger partial charge in [-0.1, -0.05) is 5.16 Å². The summed E-state index contributed by atoms with van der Waals surface area (Å²) in [7, 11) is 1.68. The third kappa shape index (κ3) is 4.17. The summed E-state index contributed by atoms with van der Waals surface area (Å²) in [5, 5.41) is 14.4. The largest absolute Gasteiger partial charge is 0.409 e. The third-order valence-electron chi connectivity index (χ3n) is 2.44. The van der Waals surface area contributed by atoms with Crippen LogP contribution in [0.2, 0.25) is 0 Å². The maximum atomic E-state index is 12.0. The Morgan fingerprint density at radius 1 is 1.32 bits per heavy atom. The predicted molar refractivity (Wildman–Crippen MR) is 75.6 cm³/mol. The lowest BCUT2D eigenvalue weighted by Gasteiger charge is -2.25. The first kappa shape index (κ1) is 14.8. The number of hydrogen-bond acceptors (Lipinski definition) is 3. The molecule has 4 N–H and O–H groups in total. The summed E-state index contributed by atoms with van der Waals surface area (Å²) in [6.07, 6.45) is 0. The van der Waals surface area contributed by atoms with Gasteiger partial charge in [-0.15, -0.1) is 0 Å². The van der Waals surface area contributed by atoms with Crippen molar-refractivity contribution in [2.45, 2.75) is 26.3 Å². The molecular weight excluding hydrogens is 244 g/mol. The summed E-state index contributed by atoms with van der Waals surface area (Å²) in [5.41, 5.74) is 6.49. The van der Waals surface area contributed by atoms with E-state index in [0.717, 1.165) is 5.69 Å². The number of amidine groups is 1. The van der Waals surface area contributed by atoms with Gasteiger partial charge >= 0.3 is 6.03 Å². The van der Waals surface area contributed by atoms with Crippen LogP contribution in [0.3, 0.4) is 0 Å². The fraction of sp³-hybridized carbons (Fsp3) is 0.385. The van der Waals surface area contributed by atoms with E-state index in [1.807, 2.05) is 20.8 Å². The number of carbonyl (C=O) groups is 1. The number of nitrogens with zero attached hydrogens (tertiary/aromatic N) is 2. The molecule has 0 saturated heterocycles. The van der Waals surface area contributed by atoms with E-state index in [9.17, 15) is 4.79 Å². The molecule has 6 nitrogen and oxygen atoms in total. The highest BCUT2D eigenvalue weighted by Crippen LogP contribution is 2.14. The zero-order valence-corrected chi connectivity index (χ0v) is 11.6. The number of nitrogens with two attached hydrogens (primary N) is 1. The second-order valence-electron chi connectivity index (χ2n) is 5.27. The summed E-state index contributed by atoms with van der Waals surface area (Å²) >= 11 is 0. The molecule has 1 aromatic carbocycles. The summed E-state index contributed by atoms with van der Waals surface area (Å²) in [5.74, 6) is 0.0355. The molecule has 0 saturated carbocycles. The van der Waals surface area contributed by atoms with Gasteiger partial charge in [-0.25, -0.2) is 4.79 Å². The van der Waals surface area contributed by atoms with Gasteiger partial charge in [0.25, 0.3) is 0 Å². The zero-order chi connectivity index (χ0) is 14.6. The minimum absolute atomic E-state index is 0.0355. The van der Waals surface area contributed by atoms with Crippen LogP contribution >= 0.6 is 0 Å². The minimum atomic E-state index is -0.292. The van der Waals surface area contributed by atoms with Gasteiger partial charge in [0, 0.05) is 23.8 Å². The number of rotatable bonds is 2. The van der Waals surface area contributed by atoms with Crippen LogP contribution in [-0.2, 0) is 0 Å². The van der Waals surface area contributed by atoms with Crippen molar-refractivity contribution in [2.24, 2.45) is 10.9 Å². The molecule has 0 unspecified atom stereocenters. The molecule has 0 radical (unpaired) electrons. The van der Waals surface area contributed by atoms with E-state index in [2.05, 4.69) is 10.5 Å². The summed E-state index contributed by atoms with van der Waals surface area (Å²) in [4.78, 5) is 13.5. The molecule has 0 aliphatic heterocycles. The van der Waals surface area contributed by atoms with Crippen LogP contribution in [0.25, 0.3) is 0 Å². The van der Waals surface area contributed by atoms with E-state index in [-0.39, 0.29) is 17.4 Å². The standard InChI is InChI=1S/C13H20N4O2/c1-13(2,3)15-12(18)17(4)10-7-5-9(6-8-10)11(14)16-19/h5-8,19H,1-4H3,(H2,14,16)(H,15,18). The number of urea groups is 1. The van der Waals surface area contributed by atoms with E-state index in [1.165, 1.54) is 4.90 Å². The lowest BCUT2D eigenvalue weighted by atomic mass is 10.1. The first-order valence-corrected chi connectivity index (χ1v) is 5.88. The molecule has 0 atom stereocenters. The molecule has 1 rings (SSSR count). The first-order chi connectivity index (χ1) is 8.74. The summed E-state index contributed by atoms with van der Waals surface area (Å²) in [6, 6.07) is 6.64. The fourth-order valence-corrected chi connectivity index (χ4v) is 1.44. The molecule has 6 heteroatoms. The number of carbonyl (C=O) groups excluding carboxylic acids is 1. The second-order valence-corrected chi connectivity index (χ2v) is 5.27. The lowest BCUT2D eigenvalue weighted by molar-refractivity contribution is 0.239. The number of anilines is 1. The van der Waals surface area contributed by atoms with Crippen molar-refractivity contribution in [1.29, 1.82) is 0 Å². The van der Waals surface area contributed by atoms with Gasteiger partial charge in [-0.2, -0.15) is 0 Å². The number of oxime groups is 1. The highest BCUT2D eigenvalue weighted by molar-refractivity contribution is 5.98. The number of benzene rings is 1. The van der Waals surface area contributed by atoms with Crippen molar-refractivity contribution >= 4 is 17.6 Å². The van der Waals surface area contributed by atoms with Crippen LogP contribution in [0.15, 0.2) is 29.4 Å². The SMILES string of the molecule is CN(C(=O)NC(C)(C)C)c1ccc(C(N)=NO)cc1. The zero-order valence-electron chi connectivity index (χ0n) is 11.6. The van der Waals surface area contributed by atoms with Gasteiger partial charge < -0.3 is 16.3 Å². The fourth-order valence-electron chi connectivity index (χ4n) is 1.44. The highest BCUT2D eigenvalue weighted by atomic mass is 16.4.